The van der Waals surface area contributed by atoms with Gasteiger partial charge in [-0.3, -0.25) is 4.79 Å². The molecule has 2 saturated carbocycles. The Hall–Kier alpha value is -0.960. The lowest BCUT2D eigenvalue weighted by molar-refractivity contribution is -0.118. The summed E-state index contributed by atoms with van der Waals surface area (Å²) in [5.74, 6) is 1.42. The van der Waals surface area contributed by atoms with E-state index in [0.29, 0.717) is 17.8 Å². The van der Waals surface area contributed by atoms with Crippen molar-refractivity contribution in [2.75, 3.05) is 6.67 Å². The Bertz CT molecular complexity index is 663. The second kappa shape index (κ2) is 5.77. The first-order valence-corrected chi connectivity index (χ1v) is 9.98. The Morgan fingerprint density at radius 2 is 1.92 bits per heavy atom. The Morgan fingerprint density at radius 3 is 2.64 bits per heavy atom. The molecule has 0 amide bonds. The third-order valence-electron chi connectivity index (χ3n) is 8.39. The summed E-state index contributed by atoms with van der Waals surface area (Å²) in [6.07, 6.45) is 9.20. The van der Waals surface area contributed by atoms with Gasteiger partial charge in [-0.25, -0.2) is 4.39 Å². The number of allylic oxidation sites excluding steroid dienone is 3. The van der Waals surface area contributed by atoms with Crippen LogP contribution in [0.2, 0.25) is 0 Å². The number of aliphatic hydroxyl groups excluding tert-OH is 1. The van der Waals surface area contributed by atoms with Crippen molar-refractivity contribution in [3.05, 3.63) is 22.8 Å². The lowest BCUT2D eigenvalue weighted by Gasteiger charge is -2.57. The second-order valence-electron chi connectivity index (χ2n) is 9.53. The number of ketones is 1. The molecule has 2 fully saturated rings. The summed E-state index contributed by atoms with van der Waals surface area (Å²) < 4.78 is 13.2. The fourth-order valence-corrected chi connectivity index (χ4v) is 7.19. The van der Waals surface area contributed by atoms with Crippen LogP contribution in [0.15, 0.2) is 22.8 Å². The molecular formula is C22H31FO2. The summed E-state index contributed by atoms with van der Waals surface area (Å²) in [7, 11) is 0. The Morgan fingerprint density at radius 1 is 1.20 bits per heavy atom. The molecule has 3 heteroatoms. The first kappa shape index (κ1) is 17.5. The number of Topliss-reactive ketones (excluding diaryl/α,β-unsaturated/α-hetero) is 1. The molecule has 0 heterocycles. The molecule has 6 atom stereocenters. The van der Waals surface area contributed by atoms with Gasteiger partial charge in [0.25, 0.3) is 0 Å². The smallest absolute Gasteiger partial charge is 0.190 e. The number of carbonyl (C=O) groups excluding carboxylic acids is 1. The van der Waals surface area contributed by atoms with Crippen molar-refractivity contribution in [2.24, 2.45) is 28.6 Å². The van der Waals surface area contributed by atoms with Crippen LogP contribution in [-0.2, 0) is 4.79 Å². The summed E-state index contributed by atoms with van der Waals surface area (Å²) in [6.45, 7) is 5.82. The van der Waals surface area contributed by atoms with Gasteiger partial charge >= 0.3 is 0 Å². The van der Waals surface area contributed by atoms with Crippen LogP contribution >= 0.6 is 0 Å². The standard InChI is InChI=1S/C22H31FO2/c1-13-10-18-16-5-4-14-11-15(24)6-8-21(14,2)17(16)7-9-22(18,3)20(13)19(25)12-23/h4,15-18,24H,5-12H2,1-3H3/t15?,16-,17+,18+,21+,22+/m1/s1. The minimum Gasteiger partial charge on any atom is -0.393 e. The van der Waals surface area contributed by atoms with Gasteiger partial charge in [0, 0.05) is 5.57 Å². The van der Waals surface area contributed by atoms with Gasteiger partial charge in [-0.15, -0.1) is 0 Å². The quantitative estimate of drug-likeness (QED) is 0.731. The molecule has 0 aromatic heterocycles. The van der Waals surface area contributed by atoms with Crippen molar-refractivity contribution in [1.82, 2.24) is 0 Å². The third-order valence-corrected chi connectivity index (χ3v) is 8.39. The minimum absolute atomic E-state index is 0.135. The predicted octanol–water partition coefficient (Wildman–Crippen LogP) is 4.78. The van der Waals surface area contributed by atoms with Crippen molar-refractivity contribution >= 4 is 5.78 Å². The number of carbonyl (C=O) groups is 1. The first-order valence-electron chi connectivity index (χ1n) is 9.98. The summed E-state index contributed by atoms with van der Waals surface area (Å²) in [5.41, 5.74) is 3.50. The Balaban J connectivity index is 1.68. The topological polar surface area (TPSA) is 37.3 Å². The minimum atomic E-state index is -0.858. The number of alkyl halides is 1. The zero-order valence-corrected chi connectivity index (χ0v) is 15.8. The molecule has 0 aromatic rings. The molecule has 1 unspecified atom stereocenters. The van der Waals surface area contributed by atoms with E-state index in [2.05, 4.69) is 19.9 Å². The highest BCUT2D eigenvalue weighted by Crippen LogP contribution is 2.66. The number of rotatable bonds is 2. The van der Waals surface area contributed by atoms with Gasteiger partial charge in [0.15, 0.2) is 12.5 Å². The van der Waals surface area contributed by atoms with Crippen molar-refractivity contribution in [3.63, 3.8) is 0 Å². The zero-order valence-electron chi connectivity index (χ0n) is 15.8. The van der Waals surface area contributed by atoms with Crippen LogP contribution in [0.5, 0.6) is 0 Å². The van der Waals surface area contributed by atoms with Crippen molar-refractivity contribution in [3.8, 4) is 0 Å². The number of fused-ring (bicyclic) bond motifs is 5. The average molecular weight is 346 g/mol. The fourth-order valence-electron chi connectivity index (χ4n) is 7.19. The van der Waals surface area contributed by atoms with Gasteiger partial charge in [-0.2, -0.15) is 0 Å². The van der Waals surface area contributed by atoms with E-state index in [1.165, 1.54) is 5.57 Å². The zero-order chi connectivity index (χ0) is 18.0. The molecule has 138 valence electrons. The van der Waals surface area contributed by atoms with Crippen LogP contribution in [0.3, 0.4) is 0 Å². The Kier molecular flexibility index (Phi) is 4.03. The Labute approximate surface area is 150 Å². The lowest BCUT2D eigenvalue weighted by atomic mass is 9.47. The van der Waals surface area contributed by atoms with E-state index < -0.39 is 6.67 Å². The maximum Gasteiger partial charge on any atom is 0.190 e. The molecule has 0 saturated heterocycles. The molecule has 4 aliphatic rings. The van der Waals surface area contributed by atoms with Gasteiger partial charge in [0.2, 0.25) is 0 Å². The molecular weight excluding hydrogens is 315 g/mol. The van der Waals surface area contributed by atoms with Gasteiger partial charge in [0.1, 0.15) is 0 Å². The molecule has 1 N–H and O–H groups in total. The largest absolute Gasteiger partial charge is 0.393 e. The number of hydrogen-bond donors (Lipinski definition) is 1. The molecule has 25 heavy (non-hydrogen) atoms. The van der Waals surface area contributed by atoms with E-state index in [1.807, 2.05) is 6.92 Å². The summed E-state index contributed by atoms with van der Waals surface area (Å²) in [5, 5.41) is 10.1. The molecule has 0 radical (unpaired) electrons. The normalized spacial score (nSPS) is 46.2. The van der Waals surface area contributed by atoms with E-state index in [0.717, 1.165) is 56.1 Å². The first-order chi connectivity index (χ1) is 11.8. The van der Waals surface area contributed by atoms with Crippen LogP contribution < -0.4 is 0 Å². The van der Waals surface area contributed by atoms with Crippen LogP contribution in [0, 0.1) is 28.6 Å². The summed E-state index contributed by atoms with van der Waals surface area (Å²) in [6, 6.07) is 0. The molecule has 0 spiro atoms. The molecule has 4 rings (SSSR count). The van der Waals surface area contributed by atoms with Crippen LogP contribution in [0.1, 0.15) is 65.7 Å². The van der Waals surface area contributed by atoms with Crippen LogP contribution in [0.25, 0.3) is 0 Å². The molecule has 0 bridgehead atoms. The van der Waals surface area contributed by atoms with Crippen molar-refractivity contribution in [2.45, 2.75) is 71.8 Å². The van der Waals surface area contributed by atoms with Crippen LogP contribution in [0.4, 0.5) is 4.39 Å². The monoisotopic (exact) mass is 346 g/mol. The number of aliphatic hydroxyl groups is 1. The maximum absolute atomic E-state index is 13.2. The van der Waals surface area contributed by atoms with Crippen molar-refractivity contribution < 1.29 is 14.3 Å². The highest BCUT2D eigenvalue weighted by molar-refractivity contribution is 5.98. The van der Waals surface area contributed by atoms with E-state index in [4.69, 9.17) is 0 Å². The van der Waals surface area contributed by atoms with E-state index in [9.17, 15) is 14.3 Å². The average Bonchev–Trinajstić information content (AvgIpc) is 2.85. The van der Waals surface area contributed by atoms with Gasteiger partial charge < -0.3 is 5.11 Å². The van der Waals surface area contributed by atoms with Crippen molar-refractivity contribution in [1.29, 1.82) is 0 Å². The third kappa shape index (κ3) is 2.34. The number of halogens is 1. The highest BCUT2D eigenvalue weighted by Gasteiger charge is 2.58. The predicted molar refractivity (Wildman–Crippen MR) is 96.8 cm³/mol. The molecule has 0 aliphatic heterocycles. The number of hydrogen-bond acceptors (Lipinski definition) is 2. The van der Waals surface area contributed by atoms with E-state index in [1.54, 1.807) is 0 Å². The second-order valence-corrected chi connectivity index (χ2v) is 9.53. The lowest BCUT2D eigenvalue weighted by Crippen LogP contribution is -2.50. The van der Waals surface area contributed by atoms with Gasteiger partial charge in [0.05, 0.1) is 6.10 Å². The highest BCUT2D eigenvalue weighted by atomic mass is 19.1. The van der Waals surface area contributed by atoms with E-state index >= 15 is 0 Å². The molecule has 2 nitrogen and oxygen atoms in total. The SMILES string of the molecule is CC1=C(C(=O)CF)[C@@]2(C)CC[C@H]3[C@@H](CC=C4CC(O)CC[C@@]43C)[C@@H]2C1. The van der Waals surface area contributed by atoms with Gasteiger partial charge in [-0.05, 0) is 80.5 Å². The fraction of sp³-hybridized carbons (Fsp3) is 0.773. The molecule has 0 aromatic carbocycles. The summed E-state index contributed by atoms with van der Waals surface area (Å²) in [4.78, 5) is 12.3. The molecule has 4 aliphatic carbocycles. The van der Waals surface area contributed by atoms with Crippen LogP contribution in [-0.4, -0.2) is 23.7 Å². The maximum atomic E-state index is 13.2. The van der Waals surface area contributed by atoms with Gasteiger partial charge in [-0.1, -0.05) is 31.1 Å². The van der Waals surface area contributed by atoms with E-state index in [-0.39, 0.29) is 22.7 Å². The summed E-state index contributed by atoms with van der Waals surface area (Å²) >= 11 is 0.